The number of hydrogen-bond donors (Lipinski definition) is 2. The summed E-state index contributed by atoms with van der Waals surface area (Å²) in [5.74, 6) is -0.228. The van der Waals surface area contributed by atoms with Crippen LogP contribution in [0.5, 0.6) is 0 Å². The normalized spacial score (nSPS) is 11.0. The number of unbranched alkanes of at least 4 members (excludes halogenated alkanes) is 2. The highest BCUT2D eigenvalue weighted by atomic mass is 19.1. The third-order valence-electron chi connectivity index (χ3n) is 2.70. The molecule has 1 amide bonds. The number of carbonyl (C=O) groups is 1. The second kappa shape index (κ2) is 8.49. The molecule has 0 spiro atoms. The Hall–Kier alpha value is -1.78. The maximum absolute atomic E-state index is 12.7. The molecule has 1 aromatic rings. The van der Waals surface area contributed by atoms with Gasteiger partial charge in [0, 0.05) is 18.8 Å². The van der Waals surface area contributed by atoms with Gasteiger partial charge in [0.05, 0.1) is 0 Å². The number of benzene rings is 1. The summed E-state index contributed by atoms with van der Waals surface area (Å²) in [6.45, 7) is 6.97. The van der Waals surface area contributed by atoms with Gasteiger partial charge in [0.15, 0.2) is 0 Å². The van der Waals surface area contributed by atoms with Gasteiger partial charge in [-0.1, -0.05) is 0 Å². The molecule has 0 aromatic heterocycles. The van der Waals surface area contributed by atoms with Crippen LogP contribution < -0.4 is 10.6 Å². The molecule has 2 N–H and O–H groups in total. The average Bonchev–Trinajstić information content (AvgIpc) is 2.37. The van der Waals surface area contributed by atoms with Crippen molar-refractivity contribution in [1.82, 2.24) is 5.32 Å². The minimum Gasteiger partial charge on any atom is -0.444 e. The molecule has 5 heteroatoms. The monoisotopic (exact) mass is 296 g/mol. The SMILES string of the molecule is CC(C)(C)OC(=O)NCCCCCNc1ccc(F)cc1. The topological polar surface area (TPSA) is 50.4 Å². The van der Waals surface area contributed by atoms with E-state index in [0.717, 1.165) is 31.5 Å². The molecule has 1 rings (SSSR count). The molecule has 21 heavy (non-hydrogen) atoms. The predicted octanol–water partition coefficient (Wildman–Crippen LogP) is 3.93. The lowest BCUT2D eigenvalue weighted by Crippen LogP contribution is -2.33. The first kappa shape index (κ1) is 17.3. The van der Waals surface area contributed by atoms with E-state index in [1.54, 1.807) is 12.1 Å². The first-order valence-electron chi connectivity index (χ1n) is 7.33. The first-order chi connectivity index (χ1) is 9.87. The number of nitrogens with one attached hydrogen (secondary N) is 2. The van der Waals surface area contributed by atoms with Crippen LogP contribution in [0.25, 0.3) is 0 Å². The number of halogens is 1. The molecule has 0 aliphatic heterocycles. The highest BCUT2D eigenvalue weighted by molar-refractivity contribution is 5.67. The molecule has 0 aliphatic carbocycles. The van der Waals surface area contributed by atoms with Crippen LogP contribution >= 0.6 is 0 Å². The van der Waals surface area contributed by atoms with Gasteiger partial charge in [0.1, 0.15) is 11.4 Å². The molecule has 0 unspecified atom stereocenters. The van der Waals surface area contributed by atoms with E-state index >= 15 is 0 Å². The number of carbonyl (C=O) groups excluding carboxylic acids is 1. The van der Waals surface area contributed by atoms with E-state index in [1.165, 1.54) is 12.1 Å². The third-order valence-corrected chi connectivity index (χ3v) is 2.70. The molecule has 0 fully saturated rings. The van der Waals surface area contributed by atoms with E-state index in [4.69, 9.17) is 4.74 Å². The fourth-order valence-corrected chi connectivity index (χ4v) is 1.73. The number of ether oxygens (including phenoxy) is 1. The molecule has 1 aromatic carbocycles. The zero-order chi connectivity index (χ0) is 15.7. The smallest absolute Gasteiger partial charge is 0.407 e. The van der Waals surface area contributed by atoms with Crippen molar-refractivity contribution in [1.29, 1.82) is 0 Å². The van der Waals surface area contributed by atoms with Crippen LogP contribution in [-0.2, 0) is 4.74 Å². The lowest BCUT2D eigenvalue weighted by Gasteiger charge is -2.19. The maximum Gasteiger partial charge on any atom is 0.407 e. The highest BCUT2D eigenvalue weighted by Crippen LogP contribution is 2.09. The second-order valence-corrected chi connectivity index (χ2v) is 5.92. The Kier molecular flexibility index (Phi) is 6.99. The lowest BCUT2D eigenvalue weighted by molar-refractivity contribution is 0.0527. The molecule has 118 valence electrons. The fraction of sp³-hybridized carbons (Fsp3) is 0.562. The highest BCUT2D eigenvalue weighted by Gasteiger charge is 2.15. The number of anilines is 1. The van der Waals surface area contributed by atoms with Crippen LogP contribution in [0.3, 0.4) is 0 Å². The summed E-state index contributed by atoms with van der Waals surface area (Å²) >= 11 is 0. The number of rotatable bonds is 7. The summed E-state index contributed by atoms with van der Waals surface area (Å²) in [5, 5.41) is 5.95. The van der Waals surface area contributed by atoms with E-state index in [-0.39, 0.29) is 11.9 Å². The van der Waals surface area contributed by atoms with Crippen molar-refractivity contribution >= 4 is 11.8 Å². The van der Waals surface area contributed by atoms with E-state index in [9.17, 15) is 9.18 Å². The van der Waals surface area contributed by atoms with Crippen molar-refractivity contribution < 1.29 is 13.9 Å². The van der Waals surface area contributed by atoms with Crippen molar-refractivity contribution in [3.63, 3.8) is 0 Å². The minimum absolute atomic E-state index is 0.228. The number of alkyl carbamates (subject to hydrolysis) is 1. The van der Waals surface area contributed by atoms with Gasteiger partial charge < -0.3 is 15.4 Å². The number of hydrogen-bond acceptors (Lipinski definition) is 3. The van der Waals surface area contributed by atoms with E-state index in [2.05, 4.69) is 10.6 Å². The summed E-state index contributed by atoms with van der Waals surface area (Å²) in [4.78, 5) is 11.4. The second-order valence-electron chi connectivity index (χ2n) is 5.92. The molecule has 0 heterocycles. The van der Waals surface area contributed by atoms with Crippen LogP contribution in [0.4, 0.5) is 14.9 Å². The quantitative estimate of drug-likeness (QED) is 0.749. The third kappa shape index (κ3) is 8.89. The summed E-state index contributed by atoms with van der Waals surface area (Å²) in [7, 11) is 0. The van der Waals surface area contributed by atoms with Crippen LogP contribution in [0.15, 0.2) is 24.3 Å². The average molecular weight is 296 g/mol. The first-order valence-corrected chi connectivity index (χ1v) is 7.33. The Morgan fingerprint density at radius 3 is 2.33 bits per heavy atom. The van der Waals surface area contributed by atoms with Crippen molar-refractivity contribution in [2.24, 2.45) is 0 Å². The van der Waals surface area contributed by atoms with Gasteiger partial charge in [-0.05, 0) is 64.3 Å². The Bertz CT molecular complexity index is 427. The van der Waals surface area contributed by atoms with Crippen LogP contribution in [-0.4, -0.2) is 24.8 Å². The zero-order valence-corrected chi connectivity index (χ0v) is 13.0. The molecule has 0 aliphatic rings. The largest absolute Gasteiger partial charge is 0.444 e. The summed E-state index contributed by atoms with van der Waals surface area (Å²) in [6, 6.07) is 6.32. The van der Waals surface area contributed by atoms with Crippen molar-refractivity contribution in [3.8, 4) is 0 Å². The Morgan fingerprint density at radius 1 is 1.10 bits per heavy atom. The summed E-state index contributed by atoms with van der Waals surface area (Å²) < 4.78 is 17.8. The predicted molar refractivity (Wildman–Crippen MR) is 83.0 cm³/mol. The van der Waals surface area contributed by atoms with Crippen molar-refractivity contribution in [2.45, 2.75) is 45.6 Å². The van der Waals surface area contributed by atoms with Crippen LogP contribution in [0.2, 0.25) is 0 Å². The van der Waals surface area contributed by atoms with Gasteiger partial charge in [-0.3, -0.25) is 0 Å². The molecular weight excluding hydrogens is 271 g/mol. The van der Waals surface area contributed by atoms with Crippen LogP contribution in [0, 0.1) is 5.82 Å². The Labute approximate surface area is 126 Å². The summed E-state index contributed by atoms with van der Waals surface area (Å²) in [6.07, 6.45) is 2.54. The number of amides is 1. The Balaban J connectivity index is 2.00. The summed E-state index contributed by atoms with van der Waals surface area (Å²) in [5.41, 5.74) is 0.465. The zero-order valence-electron chi connectivity index (χ0n) is 13.0. The van der Waals surface area contributed by atoms with Gasteiger partial charge in [0.25, 0.3) is 0 Å². The van der Waals surface area contributed by atoms with Gasteiger partial charge in [-0.15, -0.1) is 0 Å². The molecule has 4 nitrogen and oxygen atoms in total. The van der Waals surface area contributed by atoms with Gasteiger partial charge in [0.2, 0.25) is 0 Å². The maximum atomic E-state index is 12.7. The molecule has 0 saturated heterocycles. The van der Waals surface area contributed by atoms with Gasteiger partial charge in [-0.2, -0.15) is 0 Å². The molecule has 0 radical (unpaired) electrons. The van der Waals surface area contributed by atoms with Crippen molar-refractivity contribution in [2.75, 3.05) is 18.4 Å². The van der Waals surface area contributed by atoms with Crippen LogP contribution in [0.1, 0.15) is 40.0 Å². The molecular formula is C16H25FN2O2. The van der Waals surface area contributed by atoms with E-state index in [0.29, 0.717) is 6.54 Å². The molecule has 0 atom stereocenters. The van der Waals surface area contributed by atoms with Gasteiger partial charge >= 0.3 is 6.09 Å². The minimum atomic E-state index is -0.455. The van der Waals surface area contributed by atoms with E-state index in [1.807, 2.05) is 20.8 Å². The van der Waals surface area contributed by atoms with E-state index < -0.39 is 5.60 Å². The fourth-order valence-electron chi connectivity index (χ4n) is 1.73. The molecule has 0 saturated carbocycles. The Morgan fingerprint density at radius 2 is 1.71 bits per heavy atom. The lowest BCUT2D eigenvalue weighted by atomic mass is 10.2. The standard InChI is InChI=1S/C16H25FN2O2/c1-16(2,3)21-15(20)19-12-6-4-5-11-18-14-9-7-13(17)8-10-14/h7-10,18H,4-6,11-12H2,1-3H3,(H,19,20). The van der Waals surface area contributed by atoms with Gasteiger partial charge in [-0.25, -0.2) is 9.18 Å². The van der Waals surface area contributed by atoms with Crippen molar-refractivity contribution in [3.05, 3.63) is 30.1 Å². The molecule has 0 bridgehead atoms.